The molecule has 1 unspecified atom stereocenters. The van der Waals surface area contributed by atoms with Crippen molar-refractivity contribution in [3.63, 3.8) is 0 Å². The van der Waals surface area contributed by atoms with Gasteiger partial charge in [0.25, 0.3) is 0 Å². The van der Waals surface area contributed by atoms with Crippen LogP contribution in [0.3, 0.4) is 0 Å². The Kier molecular flexibility index (Phi) is 5.25. The average Bonchev–Trinajstić information content (AvgIpc) is 2.97. The van der Waals surface area contributed by atoms with Crippen LogP contribution in [0.2, 0.25) is 0 Å². The minimum Gasteiger partial charge on any atom is -0.365 e. The average molecular weight is 381 g/mol. The number of amides is 1. The monoisotopic (exact) mass is 380 g/mol. The number of rotatable bonds is 4. The maximum Gasteiger partial charge on any atom is 0.244 e. The fourth-order valence-electron chi connectivity index (χ4n) is 3.53. The molecule has 3 heterocycles. The second-order valence-corrected chi connectivity index (χ2v) is 10.0. The van der Waals surface area contributed by atoms with E-state index in [1.807, 2.05) is 25.7 Å². The van der Waals surface area contributed by atoms with Gasteiger partial charge < -0.3 is 10.2 Å². The van der Waals surface area contributed by atoms with Crippen molar-refractivity contribution in [2.75, 3.05) is 25.0 Å². The maximum absolute atomic E-state index is 12.7. The van der Waals surface area contributed by atoms with Crippen molar-refractivity contribution in [1.82, 2.24) is 14.2 Å². The highest BCUT2D eigenvalue weighted by Crippen LogP contribution is 2.25. The molecule has 7 nitrogen and oxygen atoms in total. The molecule has 1 aromatic rings. The van der Waals surface area contributed by atoms with Crippen LogP contribution in [0.15, 0.2) is 23.2 Å². The molecule has 2 fully saturated rings. The van der Waals surface area contributed by atoms with Crippen molar-refractivity contribution in [2.45, 2.75) is 62.9 Å². The summed E-state index contributed by atoms with van der Waals surface area (Å²) in [5, 5.41) is 3.25. The maximum atomic E-state index is 12.7. The molecular weight excluding hydrogens is 352 g/mol. The summed E-state index contributed by atoms with van der Waals surface area (Å²) in [5.74, 6) is 0.718. The molecule has 3 rings (SSSR count). The third-order valence-electron chi connectivity index (χ3n) is 4.98. The molecule has 8 heteroatoms. The van der Waals surface area contributed by atoms with Crippen molar-refractivity contribution in [3.05, 3.63) is 18.3 Å². The lowest BCUT2D eigenvalue weighted by atomic mass is 10.1. The molecule has 1 aromatic heterocycles. The van der Waals surface area contributed by atoms with Gasteiger partial charge in [-0.2, -0.15) is 4.31 Å². The minimum atomic E-state index is -3.46. The molecule has 26 heavy (non-hydrogen) atoms. The molecule has 1 atom stereocenters. The SMILES string of the molecule is CC(C)(C)N1CC(Nc2ccc(S(=O)(=O)N3CCCCC3)cn2)CC1=O. The fraction of sp³-hybridized carbons (Fsp3) is 0.667. The molecule has 2 aliphatic heterocycles. The first-order valence-corrected chi connectivity index (χ1v) is 10.7. The Morgan fingerprint density at radius 1 is 1.15 bits per heavy atom. The molecule has 0 saturated carbocycles. The lowest BCUT2D eigenvalue weighted by molar-refractivity contribution is -0.131. The van der Waals surface area contributed by atoms with Crippen molar-refractivity contribution < 1.29 is 13.2 Å². The third kappa shape index (κ3) is 4.01. The molecule has 0 spiro atoms. The third-order valence-corrected chi connectivity index (χ3v) is 6.86. The van der Waals surface area contributed by atoms with E-state index in [0.29, 0.717) is 31.9 Å². The van der Waals surface area contributed by atoms with Gasteiger partial charge in [0.1, 0.15) is 10.7 Å². The quantitative estimate of drug-likeness (QED) is 0.865. The number of sulfonamides is 1. The smallest absolute Gasteiger partial charge is 0.244 e. The van der Waals surface area contributed by atoms with Crippen molar-refractivity contribution in [2.24, 2.45) is 0 Å². The first-order valence-electron chi connectivity index (χ1n) is 9.21. The molecule has 0 radical (unpaired) electrons. The predicted octanol–water partition coefficient (Wildman–Crippen LogP) is 2.07. The molecule has 0 bridgehead atoms. The Hall–Kier alpha value is -1.67. The van der Waals surface area contributed by atoms with E-state index in [0.717, 1.165) is 19.3 Å². The molecule has 2 aliphatic rings. The number of anilines is 1. The molecule has 2 saturated heterocycles. The van der Waals surface area contributed by atoms with E-state index in [-0.39, 0.29) is 22.4 Å². The van der Waals surface area contributed by atoms with Gasteiger partial charge in [-0.1, -0.05) is 6.42 Å². The largest absolute Gasteiger partial charge is 0.365 e. The summed E-state index contributed by atoms with van der Waals surface area (Å²) in [6, 6.07) is 3.26. The van der Waals surface area contributed by atoms with Gasteiger partial charge in [0.05, 0.1) is 6.04 Å². The highest BCUT2D eigenvalue weighted by Gasteiger charge is 2.36. The zero-order valence-corrected chi connectivity index (χ0v) is 16.6. The lowest BCUT2D eigenvalue weighted by Gasteiger charge is -2.32. The van der Waals surface area contributed by atoms with E-state index in [9.17, 15) is 13.2 Å². The number of likely N-dealkylation sites (tertiary alicyclic amines) is 1. The van der Waals surface area contributed by atoms with Crippen LogP contribution in [0.25, 0.3) is 0 Å². The predicted molar refractivity (Wildman–Crippen MR) is 100 cm³/mol. The first-order chi connectivity index (χ1) is 12.2. The highest BCUT2D eigenvalue weighted by molar-refractivity contribution is 7.89. The van der Waals surface area contributed by atoms with Gasteiger partial charge in [0.15, 0.2) is 0 Å². The second-order valence-electron chi connectivity index (χ2n) is 8.06. The molecular formula is C18H28N4O3S. The van der Waals surface area contributed by atoms with Gasteiger partial charge in [-0.25, -0.2) is 13.4 Å². The van der Waals surface area contributed by atoms with Gasteiger partial charge in [0, 0.05) is 37.8 Å². The lowest BCUT2D eigenvalue weighted by Crippen LogP contribution is -2.43. The number of piperidine rings is 1. The summed E-state index contributed by atoms with van der Waals surface area (Å²) in [7, 11) is -3.46. The van der Waals surface area contributed by atoms with Crippen LogP contribution < -0.4 is 5.32 Å². The standard InChI is InChI=1S/C18H28N4O3S/c1-18(2,3)22-13-14(11-17(22)23)20-16-8-7-15(12-19-16)26(24,25)21-9-5-4-6-10-21/h7-8,12,14H,4-6,9-11,13H2,1-3H3,(H,19,20). The first kappa shape index (κ1) is 19.1. The van der Waals surface area contributed by atoms with Crippen LogP contribution in [0.5, 0.6) is 0 Å². The Morgan fingerprint density at radius 3 is 2.38 bits per heavy atom. The van der Waals surface area contributed by atoms with Crippen LogP contribution in [0, 0.1) is 0 Å². The van der Waals surface area contributed by atoms with Crippen molar-refractivity contribution >= 4 is 21.7 Å². The van der Waals surface area contributed by atoms with Gasteiger partial charge in [0.2, 0.25) is 15.9 Å². The number of hydrogen-bond acceptors (Lipinski definition) is 5. The molecule has 144 valence electrons. The van der Waals surface area contributed by atoms with Crippen LogP contribution in [-0.2, 0) is 14.8 Å². The number of nitrogens with zero attached hydrogens (tertiary/aromatic N) is 3. The van der Waals surface area contributed by atoms with Crippen LogP contribution >= 0.6 is 0 Å². The normalized spacial score (nSPS) is 22.7. The second kappa shape index (κ2) is 7.15. The topological polar surface area (TPSA) is 82.6 Å². The van der Waals surface area contributed by atoms with Gasteiger partial charge in [-0.3, -0.25) is 4.79 Å². The summed E-state index contributed by atoms with van der Waals surface area (Å²) in [6.45, 7) is 7.84. The van der Waals surface area contributed by atoms with E-state index in [4.69, 9.17) is 0 Å². The minimum absolute atomic E-state index is 0.0150. The Morgan fingerprint density at radius 2 is 1.85 bits per heavy atom. The van der Waals surface area contributed by atoms with Crippen molar-refractivity contribution in [3.8, 4) is 0 Å². The number of aromatic nitrogens is 1. The van der Waals surface area contributed by atoms with E-state index >= 15 is 0 Å². The number of pyridine rings is 1. The van der Waals surface area contributed by atoms with E-state index in [2.05, 4.69) is 10.3 Å². The van der Waals surface area contributed by atoms with E-state index in [1.54, 1.807) is 12.1 Å². The number of carbonyl (C=O) groups excluding carboxylic acids is 1. The van der Waals surface area contributed by atoms with E-state index < -0.39 is 10.0 Å². The Balaban J connectivity index is 1.66. The summed E-state index contributed by atoms with van der Waals surface area (Å²) < 4.78 is 26.8. The summed E-state index contributed by atoms with van der Waals surface area (Å²) in [5.41, 5.74) is -0.201. The number of hydrogen-bond donors (Lipinski definition) is 1. The van der Waals surface area contributed by atoms with Crippen molar-refractivity contribution in [1.29, 1.82) is 0 Å². The summed E-state index contributed by atoms with van der Waals surface area (Å²) in [6.07, 6.45) is 4.73. The summed E-state index contributed by atoms with van der Waals surface area (Å²) in [4.78, 5) is 18.5. The number of carbonyl (C=O) groups is 1. The molecule has 0 aromatic carbocycles. The zero-order chi connectivity index (χ0) is 18.9. The highest BCUT2D eigenvalue weighted by atomic mass is 32.2. The zero-order valence-electron chi connectivity index (χ0n) is 15.7. The number of nitrogens with one attached hydrogen (secondary N) is 1. The van der Waals surface area contributed by atoms with Crippen LogP contribution in [0.4, 0.5) is 5.82 Å². The Labute approximate surface area is 155 Å². The van der Waals surface area contributed by atoms with Crippen LogP contribution in [0.1, 0.15) is 46.5 Å². The fourth-order valence-corrected chi connectivity index (χ4v) is 5.00. The van der Waals surface area contributed by atoms with E-state index in [1.165, 1.54) is 10.5 Å². The Bertz CT molecular complexity index is 750. The van der Waals surface area contributed by atoms with Gasteiger partial charge >= 0.3 is 0 Å². The van der Waals surface area contributed by atoms with Crippen LogP contribution in [-0.4, -0.2) is 59.7 Å². The molecule has 1 amide bonds. The van der Waals surface area contributed by atoms with Gasteiger partial charge in [-0.05, 0) is 45.7 Å². The molecule has 0 aliphatic carbocycles. The summed E-state index contributed by atoms with van der Waals surface area (Å²) >= 11 is 0. The molecule has 1 N–H and O–H groups in total. The van der Waals surface area contributed by atoms with Gasteiger partial charge in [-0.15, -0.1) is 0 Å².